The van der Waals surface area contributed by atoms with Crippen molar-refractivity contribution in [3.8, 4) is 0 Å². The molecule has 0 aromatic carbocycles. The van der Waals surface area contributed by atoms with Crippen LogP contribution in [0.5, 0.6) is 0 Å². The Hall–Kier alpha value is -1.19. The largest absolute Gasteiger partial charge is 0.466 e. The molecule has 0 rings (SSSR count). The van der Waals surface area contributed by atoms with Crippen molar-refractivity contribution in [2.24, 2.45) is 17.8 Å². The normalized spacial score (nSPS) is 9.33. The number of esters is 1. The lowest BCUT2D eigenvalue weighted by molar-refractivity contribution is -0.144. The molecule has 4 nitrogen and oxygen atoms in total. The maximum absolute atomic E-state index is 10.6. The Kier molecular flexibility index (Phi) is 25.4. The van der Waals surface area contributed by atoms with Crippen LogP contribution in [0.4, 0.5) is 0 Å². The van der Waals surface area contributed by atoms with Gasteiger partial charge in [-0.1, -0.05) is 49.0 Å². The van der Waals surface area contributed by atoms with Gasteiger partial charge >= 0.3 is 5.97 Å². The van der Waals surface area contributed by atoms with E-state index in [2.05, 4.69) is 0 Å². The Labute approximate surface area is 150 Å². The predicted molar refractivity (Wildman–Crippen MR) is 103 cm³/mol. The highest BCUT2D eigenvalue weighted by Crippen LogP contribution is 2.00. The molecule has 0 saturated heterocycles. The molecule has 0 fully saturated rings. The monoisotopic (exact) mass is 346 g/mol. The topological polar surface area (TPSA) is 60.4 Å². The average Bonchev–Trinajstić information content (AvgIpc) is 2.25. The molecule has 0 spiro atoms. The summed E-state index contributed by atoms with van der Waals surface area (Å²) in [6.07, 6.45) is 1.98. The van der Waals surface area contributed by atoms with Gasteiger partial charge in [-0.15, -0.1) is 0 Å². The molecule has 0 N–H and O–H groups in total. The van der Waals surface area contributed by atoms with Gasteiger partial charge in [0.2, 0.25) is 0 Å². The van der Waals surface area contributed by atoms with Crippen LogP contribution < -0.4 is 0 Å². The first-order chi connectivity index (χ1) is 10.4. The first-order valence-electron chi connectivity index (χ1n) is 8.56. The second-order valence-electron chi connectivity index (χ2n) is 7.00. The zero-order valence-electron chi connectivity index (χ0n) is 16.7. The molecule has 0 atom stereocenters. The van der Waals surface area contributed by atoms with Gasteiger partial charge in [-0.25, -0.2) is 0 Å². The zero-order valence-corrected chi connectivity index (χ0v) is 16.7. The minimum absolute atomic E-state index is 0. The van der Waals surface area contributed by atoms with E-state index in [1.807, 2.05) is 48.5 Å². The molecule has 0 aliphatic heterocycles. The van der Waals surface area contributed by atoms with E-state index in [1.54, 1.807) is 13.8 Å². The van der Waals surface area contributed by atoms with Gasteiger partial charge in [0.05, 0.1) is 6.61 Å². The Morgan fingerprint density at radius 1 is 0.708 bits per heavy atom. The fourth-order valence-electron chi connectivity index (χ4n) is 1.70. The second-order valence-corrected chi connectivity index (χ2v) is 7.00. The number of carbonyl (C=O) groups is 3. The fraction of sp³-hybridized carbons (Fsp3) is 0.850. The van der Waals surface area contributed by atoms with Gasteiger partial charge < -0.3 is 14.3 Å². The van der Waals surface area contributed by atoms with Crippen LogP contribution in [-0.2, 0) is 19.1 Å². The molecular formula is C20H42O4. The average molecular weight is 347 g/mol. The summed E-state index contributed by atoms with van der Waals surface area (Å²) in [7, 11) is 0. The number of hydrogen-bond acceptors (Lipinski definition) is 4. The van der Waals surface area contributed by atoms with E-state index in [4.69, 9.17) is 4.74 Å². The van der Waals surface area contributed by atoms with Crippen LogP contribution in [-0.4, -0.2) is 24.1 Å². The minimum atomic E-state index is -0.0903. The van der Waals surface area contributed by atoms with Gasteiger partial charge in [0.1, 0.15) is 11.6 Å². The van der Waals surface area contributed by atoms with Crippen molar-refractivity contribution in [1.29, 1.82) is 0 Å². The number of rotatable bonds is 7. The first-order valence-corrected chi connectivity index (χ1v) is 8.56. The van der Waals surface area contributed by atoms with E-state index in [-0.39, 0.29) is 25.0 Å². The van der Waals surface area contributed by atoms with Crippen LogP contribution in [0.2, 0.25) is 0 Å². The number of ether oxygens (including phenoxy) is 1. The molecule has 24 heavy (non-hydrogen) atoms. The van der Waals surface area contributed by atoms with Crippen molar-refractivity contribution in [2.75, 3.05) is 6.61 Å². The Balaban J connectivity index is -0.000000124. The quantitative estimate of drug-likeness (QED) is 0.573. The lowest BCUT2D eigenvalue weighted by Crippen LogP contribution is -2.06. The summed E-state index contributed by atoms with van der Waals surface area (Å²) in [5.41, 5.74) is 0. The molecule has 0 aliphatic rings. The van der Waals surface area contributed by atoms with Crippen molar-refractivity contribution in [1.82, 2.24) is 0 Å². The standard InChI is InChI=1S/C7H14O2.2C6H12O.CH4/c1-4-9-7(8)5-6(2)3;2*1-5(2)4-6(3)7;/h6H,4-5H2,1-3H3;2*5H,4H2,1-3H3;1H4. The summed E-state index contributed by atoms with van der Waals surface area (Å²) in [6.45, 7) is 17.7. The minimum Gasteiger partial charge on any atom is -0.466 e. The van der Waals surface area contributed by atoms with Gasteiger partial charge in [-0.3, -0.25) is 4.79 Å². The van der Waals surface area contributed by atoms with Crippen LogP contribution in [0, 0.1) is 17.8 Å². The smallest absolute Gasteiger partial charge is 0.306 e. The molecule has 146 valence electrons. The van der Waals surface area contributed by atoms with E-state index < -0.39 is 0 Å². The molecule has 0 aromatic rings. The Bertz CT molecular complexity index is 298. The summed E-state index contributed by atoms with van der Waals surface area (Å²) in [5, 5.41) is 0. The van der Waals surface area contributed by atoms with E-state index in [0.29, 0.717) is 30.8 Å². The lowest BCUT2D eigenvalue weighted by Gasteiger charge is -2.02. The molecular weight excluding hydrogens is 304 g/mol. The number of carbonyl (C=O) groups excluding carboxylic acids is 3. The van der Waals surface area contributed by atoms with E-state index >= 15 is 0 Å². The van der Waals surface area contributed by atoms with Gasteiger partial charge in [0.25, 0.3) is 0 Å². The fourth-order valence-corrected chi connectivity index (χ4v) is 1.70. The predicted octanol–water partition coefficient (Wildman–Crippen LogP) is 5.47. The SMILES string of the molecule is C.CC(=O)CC(C)C.CC(=O)CC(C)C.CCOC(=O)CC(C)C. The van der Waals surface area contributed by atoms with Crippen molar-refractivity contribution >= 4 is 17.5 Å². The van der Waals surface area contributed by atoms with Crippen molar-refractivity contribution in [2.45, 2.75) is 89.0 Å². The highest BCUT2D eigenvalue weighted by atomic mass is 16.5. The number of Topliss-reactive ketones (excluding diaryl/α,β-unsaturated/α-hetero) is 2. The summed E-state index contributed by atoms with van der Waals surface area (Å²) >= 11 is 0. The molecule has 0 aromatic heterocycles. The van der Waals surface area contributed by atoms with Crippen LogP contribution in [0.15, 0.2) is 0 Å². The summed E-state index contributed by atoms with van der Waals surface area (Å²) in [6, 6.07) is 0. The Morgan fingerprint density at radius 3 is 1.12 bits per heavy atom. The van der Waals surface area contributed by atoms with Crippen molar-refractivity contribution < 1.29 is 19.1 Å². The highest BCUT2D eigenvalue weighted by molar-refractivity contribution is 5.75. The van der Waals surface area contributed by atoms with Gasteiger partial charge in [0.15, 0.2) is 0 Å². The van der Waals surface area contributed by atoms with Crippen LogP contribution in [0.1, 0.15) is 89.0 Å². The summed E-state index contributed by atoms with van der Waals surface area (Å²) in [5.74, 6) is 1.94. The van der Waals surface area contributed by atoms with Crippen molar-refractivity contribution in [3.63, 3.8) is 0 Å². The maximum Gasteiger partial charge on any atom is 0.306 e. The summed E-state index contributed by atoms with van der Waals surface area (Å²) < 4.78 is 4.71. The van der Waals surface area contributed by atoms with E-state index in [1.165, 1.54) is 0 Å². The highest BCUT2D eigenvalue weighted by Gasteiger charge is 2.03. The zero-order chi connectivity index (χ0) is 19.0. The Morgan fingerprint density at radius 2 is 1.00 bits per heavy atom. The molecule has 0 aliphatic carbocycles. The molecule has 0 saturated carbocycles. The third kappa shape index (κ3) is 42.8. The third-order valence-corrected chi connectivity index (χ3v) is 2.27. The number of hydrogen-bond donors (Lipinski definition) is 0. The van der Waals surface area contributed by atoms with Gasteiger partial charge in [-0.05, 0) is 38.5 Å². The van der Waals surface area contributed by atoms with Crippen LogP contribution in [0.3, 0.4) is 0 Å². The van der Waals surface area contributed by atoms with Crippen LogP contribution in [0.25, 0.3) is 0 Å². The summed E-state index contributed by atoms with van der Waals surface area (Å²) in [4.78, 5) is 31.1. The number of ketones is 2. The molecule has 0 amide bonds. The molecule has 4 heteroatoms. The molecule has 0 radical (unpaired) electrons. The van der Waals surface area contributed by atoms with Crippen molar-refractivity contribution in [3.05, 3.63) is 0 Å². The molecule has 0 heterocycles. The van der Waals surface area contributed by atoms with E-state index in [9.17, 15) is 14.4 Å². The van der Waals surface area contributed by atoms with Crippen LogP contribution >= 0.6 is 0 Å². The second kappa shape index (κ2) is 19.9. The lowest BCUT2D eigenvalue weighted by atomic mass is 10.1. The molecule has 0 bridgehead atoms. The first kappa shape index (κ1) is 30.7. The third-order valence-electron chi connectivity index (χ3n) is 2.27. The van der Waals surface area contributed by atoms with E-state index in [0.717, 1.165) is 12.8 Å². The van der Waals surface area contributed by atoms with Gasteiger partial charge in [-0.2, -0.15) is 0 Å². The maximum atomic E-state index is 10.6. The van der Waals surface area contributed by atoms with Gasteiger partial charge in [0, 0.05) is 19.3 Å². The molecule has 0 unspecified atom stereocenters.